The normalized spacial score (nSPS) is 16.4. The van der Waals surface area contributed by atoms with Crippen molar-refractivity contribution >= 4 is 17.5 Å². The van der Waals surface area contributed by atoms with Crippen LogP contribution in [-0.2, 0) is 4.79 Å². The Morgan fingerprint density at radius 3 is 2.25 bits per heavy atom. The van der Waals surface area contributed by atoms with E-state index < -0.39 is 0 Å². The summed E-state index contributed by atoms with van der Waals surface area (Å²) in [6.45, 7) is 4.25. The van der Waals surface area contributed by atoms with Gasteiger partial charge in [0.05, 0.1) is 0 Å². The van der Waals surface area contributed by atoms with E-state index in [0.717, 1.165) is 12.8 Å². The van der Waals surface area contributed by atoms with Gasteiger partial charge in [0.1, 0.15) is 0 Å². The van der Waals surface area contributed by atoms with Gasteiger partial charge in [-0.25, -0.2) is 0 Å². The van der Waals surface area contributed by atoms with Crippen LogP contribution in [0.1, 0.15) is 61.5 Å². The van der Waals surface area contributed by atoms with Gasteiger partial charge in [0.15, 0.2) is 0 Å². The Hall–Kier alpha value is -2.66. The number of rotatable bonds is 7. The van der Waals surface area contributed by atoms with Gasteiger partial charge < -0.3 is 16.0 Å². The molecule has 1 atom stereocenters. The van der Waals surface area contributed by atoms with Crippen LogP contribution in [0.4, 0.5) is 5.69 Å². The number of carbonyl (C=O) groups excluding carboxylic acids is 2. The van der Waals surface area contributed by atoms with Crippen molar-refractivity contribution in [1.29, 1.82) is 0 Å². The standard InChI is InChI=1S/C23H29N3O2/c1-17(19-8-4-3-5-9-19)26-23(14-6-7-15-23)16-24-22(28)20-10-12-21(13-11-20)25-18(2)27/h3-5,8-13,17,26H,6-7,14-16H2,1-2H3,(H,24,28)(H,25,27). The summed E-state index contributed by atoms with van der Waals surface area (Å²) in [7, 11) is 0. The van der Waals surface area contributed by atoms with E-state index in [1.54, 1.807) is 24.3 Å². The Kier molecular flexibility index (Phi) is 6.47. The minimum Gasteiger partial charge on any atom is -0.350 e. The van der Waals surface area contributed by atoms with Crippen LogP contribution in [0, 0.1) is 0 Å². The number of anilines is 1. The summed E-state index contributed by atoms with van der Waals surface area (Å²) >= 11 is 0. The maximum atomic E-state index is 12.6. The van der Waals surface area contributed by atoms with E-state index in [2.05, 4.69) is 47.1 Å². The van der Waals surface area contributed by atoms with Crippen molar-refractivity contribution in [1.82, 2.24) is 10.6 Å². The Morgan fingerprint density at radius 1 is 1.00 bits per heavy atom. The molecule has 0 bridgehead atoms. The topological polar surface area (TPSA) is 70.2 Å². The minimum atomic E-state index is -0.126. The lowest BCUT2D eigenvalue weighted by molar-refractivity contribution is -0.114. The molecule has 3 N–H and O–H groups in total. The maximum Gasteiger partial charge on any atom is 0.251 e. The molecule has 5 nitrogen and oxygen atoms in total. The van der Waals surface area contributed by atoms with E-state index in [1.807, 2.05) is 6.07 Å². The SMILES string of the molecule is CC(=O)Nc1ccc(C(=O)NCC2(NC(C)c3ccccc3)CCCC2)cc1. The van der Waals surface area contributed by atoms with Crippen LogP contribution in [0.25, 0.3) is 0 Å². The number of hydrogen-bond acceptors (Lipinski definition) is 3. The summed E-state index contributed by atoms with van der Waals surface area (Å²) in [5.41, 5.74) is 2.47. The van der Waals surface area contributed by atoms with Gasteiger partial charge in [-0.1, -0.05) is 43.2 Å². The molecule has 0 aromatic heterocycles. The van der Waals surface area contributed by atoms with E-state index in [4.69, 9.17) is 0 Å². The molecule has 0 saturated heterocycles. The quantitative estimate of drug-likeness (QED) is 0.680. The van der Waals surface area contributed by atoms with E-state index in [-0.39, 0.29) is 23.4 Å². The molecular weight excluding hydrogens is 350 g/mol. The first-order valence-corrected chi connectivity index (χ1v) is 9.96. The predicted octanol–water partition coefficient (Wildman–Crippen LogP) is 4.04. The number of nitrogens with one attached hydrogen (secondary N) is 3. The lowest BCUT2D eigenvalue weighted by Crippen LogP contribution is -2.52. The molecule has 0 spiro atoms. The van der Waals surface area contributed by atoms with Gasteiger partial charge in [-0.05, 0) is 49.6 Å². The number of benzene rings is 2. The summed E-state index contributed by atoms with van der Waals surface area (Å²) in [4.78, 5) is 23.7. The molecule has 3 rings (SSSR count). The molecular formula is C23H29N3O2. The summed E-state index contributed by atoms with van der Waals surface area (Å²) in [5, 5.41) is 9.60. The van der Waals surface area contributed by atoms with Crippen molar-refractivity contribution in [2.45, 2.75) is 51.1 Å². The zero-order valence-electron chi connectivity index (χ0n) is 16.6. The third-order valence-corrected chi connectivity index (χ3v) is 5.44. The molecule has 1 saturated carbocycles. The molecule has 28 heavy (non-hydrogen) atoms. The highest BCUT2D eigenvalue weighted by molar-refractivity contribution is 5.95. The largest absolute Gasteiger partial charge is 0.350 e. The molecule has 1 fully saturated rings. The number of amides is 2. The van der Waals surface area contributed by atoms with Gasteiger partial charge in [-0.3, -0.25) is 9.59 Å². The summed E-state index contributed by atoms with van der Waals surface area (Å²) in [5.74, 6) is -0.214. The first kappa shape index (κ1) is 20.1. The smallest absolute Gasteiger partial charge is 0.251 e. The molecule has 2 aromatic rings. The minimum absolute atomic E-state index is 0.0684. The molecule has 0 radical (unpaired) electrons. The molecule has 0 heterocycles. The van der Waals surface area contributed by atoms with E-state index >= 15 is 0 Å². The van der Waals surface area contributed by atoms with Crippen LogP contribution < -0.4 is 16.0 Å². The Bertz CT molecular complexity index is 796. The molecule has 0 aliphatic heterocycles. The predicted molar refractivity (Wildman–Crippen MR) is 112 cm³/mol. The second-order valence-corrected chi connectivity index (χ2v) is 7.71. The molecule has 5 heteroatoms. The molecule has 1 aliphatic carbocycles. The fraction of sp³-hybridized carbons (Fsp3) is 0.391. The molecule has 1 unspecified atom stereocenters. The maximum absolute atomic E-state index is 12.6. The summed E-state index contributed by atoms with van der Waals surface area (Å²) < 4.78 is 0. The first-order chi connectivity index (χ1) is 13.5. The zero-order chi connectivity index (χ0) is 20.0. The van der Waals surface area contributed by atoms with Gasteiger partial charge in [-0.15, -0.1) is 0 Å². The van der Waals surface area contributed by atoms with Crippen LogP contribution in [-0.4, -0.2) is 23.9 Å². The number of carbonyl (C=O) groups is 2. The Morgan fingerprint density at radius 2 is 1.64 bits per heavy atom. The fourth-order valence-corrected chi connectivity index (χ4v) is 3.97. The van der Waals surface area contributed by atoms with Gasteiger partial charge in [0, 0.05) is 36.3 Å². The lowest BCUT2D eigenvalue weighted by Gasteiger charge is -2.34. The van der Waals surface area contributed by atoms with Gasteiger partial charge in [0.2, 0.25) is 5.91 Å². The van der Waals surface area contributed by atoms with Crippen molar-refractivity contribution in [2.75, 3.05) is 11.9 Å². The van der Waals surface area contributed by atoms with Gasteiger partial charge >= 0.3 is 0 Å². The Labute approximate surface area is 166 Å². The average Bonchev–Trinajstić information content (AvgIpc) is 3.15. The Balaban J connectivity index is 1.61. The van der Waals surface area contributed by atoms with Crippen molar-refractivity contribution in [3.05, 3.63) is 65.7 Å². The molecule has 2 amide bonds. The highest BCUT2D eigenvalue weighted by Gasteiger charge is 2.35. The van der Waals surface area contributed by atoms with E-state index in [9.17, 15) is 9.59 Å². The zero-order valence-corrected chi connectivity index (χ0v) is 16.6. The van der Waals surface area contributed by atoms with Crippen molar-refractivity contribution in [2.24, 2.45) is 0 Å². The monoisotopic (exact) mass is 379 g/mol. The van der Waals surface area contributed by atoms with Crippen LogP contribution >= 0.6 is 0 Å². The van der Waals surface area contributed by atoms with E-state index in [1.165, 1.54) is 25.3 Å². The third kappa shape index (κ3) is 5.20. The number of hydrogen-bond donors (Lipinski definition) is 3. The highest BCUT2D eigenvalue weighted by Crippen LogP contribution is 2.32. The first-order valence-electron chi connectivity index (χ1n) is 9.96. The second-order valence-electron chi connectivity index (χ2n) is 7.71. The van der Waals surface area contributed by atoms with Crippen LogP contribution in [0.5, 0.6) is 0 Å². The average molecular weight is 380 g/mol. The van der Waals surface area contributed by atoms with E-state index in [0.29, 0.717) is 17.8 Å². The van der Waals surface area contributed by atoms with Crippen LogP contribution in [0.3, 0.4) is 0 Å². The lowest BCUT2D eigenvalue weighted by atomic mass is 9.94. The second kappa shape index (κ2) is 9.02. The van der Waals surface area contributed by atoms with Gasteiger partial charge in [0.25, 0.3) is 5.91 Å². The van der Waals surface area contributed by atoms with Crippen molar-refractivity contribution in [3.8, 4) is 0 Å². The molecule has 148 valence electrons. The third-order valence-electron chi connectivity index (χ3n) is 5.44. The molecule has 1 aliphatic rings. The molecule has 2 aromatic carbocycles. The van der Waals surface area contributed by atoms with Gasteiger partial charge in [-0.2, -0.15) is 0 Å². The highest BCUT2D eigenvalue weighted by atomic mass is 16.2. The fourth-order valence-electron chi connectivity index (χ4n) is 3.97. The summed E-state index contributed by atoms with van der Waals surface area (Å²) in [6, 6.07) is 17.6. The van der Waals surface area contributed by atoms with Crippen molar-refractivity contribution in [3.63, 3.8) is 0 Å². The van der Waals surface area contributed by atoms with Crippen LogP contribution in [0.2, 0.25) is 0 Å². The summed E-state index contributed by atoms with van der Waals surface area (Å²) in [6.07, 6.45) is 4.48. The van der Waals surface area contributed by atoms with Crippen molar-refractivity contribution < 1.29 is 9.59 Å². The van der Waals surface area contributed by atoms with Crippen LogP contribution in [0.15, 0.2) is 54.6 Å².